The number of esters is 1. The minimum atomic E-state index is -1.01. The fourth-order valence-electron chi connectivity index (χ4n) is 2.74. The van der Waals surface area contributed by atoms with Crippen LogP contribution in [0.15, 0.2) is 24.3 Å². The fourth-order valence-corrected chi connectivity index (χ4v) is 2.74. The first-order chi connectivity index (χ1) is 11.6. The highest BCUT2D eigenvalue weighted by Crippen LogP contribution is 2.33. The fraction of sp³-hybridized carbons (Fsp3) is 0.500. The van der Waals surface area contributed by atoms with Crippen LogP contribution in [0.5, 0.6) is 0 Å². The Morgan fingerprint density at radius 3 is 2.44 bits per heavy atom. The summed E-state index contributed by atoms with van der Waals surface area (Å²) in [6, 6.07) is 6.22. The molecule has 1 saturated carbocycles. The maximum absolute atomic E-state index is 12.4. The number of nitrogens with zero attached hydrogens (tertiary/aromatic N) is 1. The van der Waals surface area contributed by atoms with E-state index in [-0.39, 0.29) is 30.1 Å². The van der Waals surface area contributed by atoms with E-state index in [1.54, 1.807) is 12.1 Å². The topological polar surface area (TPSA) is 140 Å². The number of hydrogen-bond donors (Lipinski definition) is 3. The lowest BCUT2D eigenvalue weighted by molar-refractivity contribution is -0.729. The van der Waals surface area contributed by atoms with E-state index in [9.17, 15) is 14.5 Å². The normalized spacial score (nSPS) is 15.5. The molecule has 1 aromatic rings. The molecule has 9 nitrogen and oxygen atoms in total. The van der Waals surface area contributed by atoms with Crippen molar-refractivity contribution in [1.29, 1.82) is 0 Å². The third-order valence-electron chi connectivity index (χ3n) is 4.08. The number of carbonyl (C=O) groups excluding carboxylic acids is 2. The highest BCUT2D eigenvalue weighted by molar-refractivity contribution is 5.79. The van der Waals surface area contributed by atoms with E-state index in [0.717, 1.165) is 24.8 Å². The van der Waals surface area contributed by atoms with Crippen LogP contribution >= 0.6 is 0 Å². The number of ether oxygens (including phenoxy) is 2. The number of hydrogen-bond acceptors (Lipinski definition) is 6. The Kier molecular flexibility index (Phi) is 7.96. The number of benzene rings is 1. The molecule has 1 aromatic carbocycles. The zero-order valence-electron chi connectivity index (χ0n) is 14.0. The summed E-state index contributed by atoms with van der Waals surface area (Å²) < 4.78 is 11.0. The minimum Gasteiger partial charge on any atom is -0.442 e. The SMILES string of the molecule is N.O=CNCOC(=O)C1(OCc2ccc([N+](=O)O)cc2)CCCCC1. The summed E-state index contributed by atoms with van der Waals surface area (Å²) in [5, 5.41) is 11.1. The smallest absolute Gasteiger partial charge is 0.340 e. The molecule has 1 aliphatic rings. The van der Waals surface area contributed by atoms with E-state index in [4.69, 9.17) is 14.7 Å². The van der Waals surface area contributed by atoms with Gasteiger partial charge in [-0.3, -0.25) is 4.79 Å². The molecular formula is C16H24N3O6+. The van der Waals surface area contributed by atoms with Gasteiger partial charge in [0.1, 0.15) is 0 Å². The molecule has 25 heavy (non-hydrogen) atoms. The quantitative estimate of drug-likeness (QED) is 0.213. The Labute approximate surface area is 145 Å². The van der Waals surface area contributed by atoms with Crippen LogP contribution in [0.1, 0.15) is 37.7 Å². The van der Waals surface area contributed by atoms with Crippen molar-refractivity contribution in [2.45, 2.75) is 44.3 Å². The van der Waals surface area contributed by atoms with Crippen molar-refractivity contribution in [3.8, 4) is 0 Å². The van der Waals surface area contributed by atoms with Crippen molar-refractivity contribution in [3.63, 3.8) is 0 Å². The van der Waals surface area contributed by atoms with Crippen LogP contribution in [0.3, 0.4) is 0 Å². The third-order valence-corrected chi connectivity index (χ3v) is 4.08. The van der Waals surface area contributed by atoms with Gasteiger partial charge in [-0.15, -0.1) is 0 Å². The molecule has 1 amide bonds. The standard InChI is InChI=1S/C16H20N2O6.H3N/c19-11-17-12-23-15(20)16(8-2-1-3-9-16)24-10-13-4-6-14(7-5-13)18(21)22;/h4-7,11H,1-3,8-10,12H2,(H-,17,19,21,22);1H3/p+1. The Morgan fingerprint density at radius 1 is 1.24 bits per heavy atom. The lowest BCUT2D eigenvalue weighted by Crippen LogP contribution is -2.45. The summed E-state index contributed by atoms with van der Waals surface area (Å²) >= 11 is 0. The first-order valence-corrected chi connectivity index (χ1v) is 7.81. The molecule has 0 radical (unpaired) electrons. The van der Waals surface area contributed by atoms with Crippen molar-refractivity contribution in [3.05, 3.63) is 34.7 Å². The molecule has 1 fully saturated rings. The average Bonchev–Trinajstić information content (AvgIpc) is 2.61. The van der Waals surface area contributed by atoms with E-state index in [2.05, 4.69) is 5.32 Å². The zero-order valence-corrected chi connectivity index (χ0v) is 14.0. The summed E-state index contributed by atoms with van der Waals surface area (Å²) in [5.74, 6) is -0.478. The molecule has 1 aliphatic carbocycles. The predicted molar refractivity (Wildman–Crippen MR) is 87.3 cm³/mol. The van der Waals surface area contributed by atoms with Crippen LogP contribution in [0.25, 0.3) is 0 Å². The summed E-state index contributed by atoms with van der Waals surface area (Å²) in [6.45, 7) is -0.00124. The van der Waals surface area contributed by atoms with E-state index in [0.29, 0.717) is 19.3 Å². The van der Waals surface area contributed by atoms with Gasteiger partial charge in [0.25, 0.3) is 4.92 Å². The zero-order chi connectivity index (χ0) is 17.4. The van der Waals surface area contributed by atoms with Crippen LogP contribution in [0.2, 0.25) is 0 Å². The van der Waals surface area contributed by atoms with Crippen molar-refractivity contribution < 1.29 is 29.2 Å². The Bertz CT molecular complexity index is 584. The van der Waals surface area contributed by atoms with Gasteiger partial charge in [-0.1, -0.05) is 6.42 Å². The monoisotopic (exact) mass is 354 g/mol. The van der Waals surface area contributed by atoms with Gasteiger partial charge in [-0.2, -0.15) is 0 Å². The Hall–Kier alpha value is -2.52. The summed E-state index contributed by atoms with van der Waals surface area (Å²) in [7, 11) is 0. The number of rotatable bonds is 8. The molecule has 0 aliphatic heterocycles. The van der Waals surface area contributed by atoms with E-state index >= 15 is 0 Å². The number of amides is 1. The van der Waals surface area contributed by atoms with Gasteiger partial charge in [0.15, 0.2) is 12.3 Å². The summed E-state index contributed by atoms with van der Waals surface area (Å²) in [6.07, 6.45) is 4.36. The van der Waals surface area contributed by atoms with Crippen LogP contribution in [0, 0.1) is 4.91 Å². The first-order valence-electron chi connectivity index (χ1n) is 7.81. The maximum Gasteiger partial charge on any atom is 0.340 e. The van der Waals surface area contributed by atoms with Gasteiger partial charge >= 0.3 is 11.7 Å². The third kappa shape index (κ3) is 5.50. The van der Waals surface area contributed by atoms with Gasteiger partial charge < -0.3 is 20.9 Å². The Morgan fingerprint density at radius 2 is 1.88 bits per heavy atom. The van der Waals surface area contributed by atoms with Crippen LogP contribution in [-0.2, 0) is 25.7 Å². The molecule has 0 aromatic heterocycles. The molecule has 0 spiro atoms. The summed E-state index contributed by atoms with van der Waals surface area (Å²) in [4.78, 5) is 33.2. The molecule has 2 rings (SSSR count). The van der Waals surface area contributed by atoms with Crippen molar-refractivity contribution in [2.24, 2.45) is 0 Å². The predicted octanol–water partition coefficient (Wildman–Crippen LogP) is 2.11. The summed E-state index contributed by atoms with van der Waals surface area (Å²) in [5.41, 5.74) is -0.127. The van der Waals surface area contributed by atoms with E-state index < -0.39 is 11.6 Å². The second-order valence-corrected chi connectivity index (χ2v) is 5.68. The molecule has 9 heteroatoms. The number of carbonyl (C=O) groups is 2. The molecule has 0 atom stereocenters. The van der Waals surface area contributed by atoms with Crippen LogP contribution in [0.4, 0.5) is 5.69 Å². The van der Waals surface area contributed by atoms with E-state index in [1.807, 2.05) is 0 Å². The second kappa shape index (κ2) is 9.70. The molecular weight excluding hydrogens is 330 g/mol. The van der Waals surface area contributed by atoms with Gasteiger partial charge in [0.2, 0.25) is 6.41 Å². The second-order valence-electron chi connectivity index (χ2n) is 5.68. The molecule has 0 saturated heterocycles. The Balaban J connectivity index is 0.00000312. The molecule has 0 heterocycles. The molecule has 138 valence electrons. The molecule has 0 bridgehead atoms. The minimum absolute atomic E-state index is 0. The van der Waals surface area contributed by atoms with E-state index in [1.165, 1.54) is 12.1 Å². The highest BCUT2D eigenvalue weighted by Gasteiger charge is 2.42. The molecule has 5 N–H and O–H groups in total. The lowest BCUT2D eigenvalue weighted by atomic mass is 9.84. The van der Waals surface area contributed by atoms with Gasteiger partial charge in [0, 0.05) is 12.1 Å². The van der Waals surface area contributed by atoms with Crippen molar-refractivity contribution in [2.75, 3.05) is 6.73 Å². The van der Waals surface area contributed by atoms with Crippen LogP contribution < -0.4 is 11.5 Å². The largest absolute Gasteiger partial charge is 0.442 e. The van der Waals surface area contributed by atoms with Crippen LogP contribution in [-0.4, -0.2) is 34.8 Å². The van der Waals surface area contributed by atoms with Gasteiger partial charge in [0.05, 0.1) is 11.5 Å². The van der Waals surface area contributed by atoms with Crippen molar-refractivity contribution >= 4 is 18.1 Å². The van der Waals surface area contributed by atoms with Crippen molar-refractivity contribution in [1.82, 2.24) is 11.5 Å². The lowest BCUT2D eigenvalue weighted by Gasteiger charge is -2.34. The average molecular weight is 354 g/mol. The highest BCUT2D eigenvalue weighted by atomic mass is 16.6. The maximum atomic E-state index is 12.4. The molecule has 0 unspecified atom stereocenters. The number of nitrogens with one attached hydrogen (secondary N) is 1. The van der Waals surface area contributed by atoms with Gasteiger partial charge in [-0.25, -0.2) is 10.0 Å². The first kappa shape index (κ1) is 20.5. The van der Waals surface area contributed by atoms with Gasteiger partial charge in [-0.05, 0) is 43.4 Å².